The minimum Gasteiger partial charge on any atom is -0.510 e. The average Bonchev–Trinajstić information content (AvgIpc) is 3.76. The number of nitrogens with zero attached hydrogens (tertiary/aromatic N) is 4. The number of aromatic nitrogens is 4. The van der Waals surface area contributed by atoms with Gasteiger partial charge in [0.15, 0.2) is 0 Å². The molecular weight excluding hydrogens is 935 g/mol. The Morgan fingerprint density at radius 1 is 0.590 bits per heavy atom. The van der Waals surface area contributed by atoms with Gasteiger partial charge in [0.2, 0.25) is 0 Å². The van der Waals surface area contributed by atoms with E-state index in [-0.39, 0.29) is 43.1 Å². The number of benzene rings is 6. The molecule has 0 aliphatic carbocycles. The van der Waals surface area contributed by atoms with Crippen molar-refractivity contribution in [3.8, 4) is 39.8 Å². The van der Waals surface area contributed by atoms with Gasteiger partial charge in [-0.1, -0.05) is 122 Å². The smallest absolute Gasteiger partial charge is 0.268 e. The van der Waals surface area contributed by atoms with Crippen LogP contribution in [0.3, 0.4) is 0 Å². The summed E-state index contributed by atoms with van der Waals surface area (Å²) in [5, 5.41) is 2.00. The summed E-state index contributed by atoms with van der Waals surface area (Å²) in [5.74, 6) is 1.61. The van der Waals surface area contributed by atoms with Crippen LogP contribution in [0.1, 0.15) is 79.0 Å². The van der Waals surface area contributed by atoms with Crippen LogP contribution in [0.5, 0.6) is 11.5 Å². The van der Waals surface area contributed by atoms with Gasteiger partial charge in [0.05, 0.1) is 16.7 Å². The Labute approximate surface area is 372 Å². The molecule has 0 aliphatic rings. The molecule has 0 amide bonds. The molecule has 0 radical (unpaired) electrons. The molecule has 0 saturated carbocycles. The van der Waals surface area contributed by atoms with Gasteiger partial charge in [-0.25, -0.2) is 9.37 Å². The van der Waals surface area contributed by atoms with E-state index in [1.165, 1.54) is 22.8 Å². The van der Waals surface area contributed by atoms with E-state index in [1.54, 1.807) is 12.1 Å². The van der Waals surface area contributed by atoms with Crippen molar-refractivity contribution in [3.05, 3.63) is 175 Å². The number of hydrogen-bond donors (Lipinski definition) is 0. The van der Waals surface area contributed by atoms with E-state index in [2.05, 4.69) is 167 Å². The molecule has 310 valence electrons. The summed E-state index contributed by atoms with van der Waals surface area (Å²) < 4.78 is 27.3. The molecule has 0 N–H and O–H groups in total. The molecule has 3 heterocycles. The van der Waals surface area contributed by atoms with Gasteiger partial charge in [0.25, 0.3) is 6.33 Å². The van der Waals surface area contributed by atoms with Crippen molar-refractivity contribution in [2.75, 3.05) is 0 Å². The average molecular weight is 984 g/mol. The Hall–Kier alpha value is -5.84. The summed E-state index contributed by atoms with van der Waals surface area (Å²) >= 11 is 0. The fraction of sp³-hybridized carbons (Fsp3) is 0.222. The third-order valence-corrected chi connectivity index (χ3v) is 11.3. The Bertz CT molecular complexity index is 3070. The second-order valence-corrected chi connectivity index (χ2v) is 18.8. The van der Waals surface area contributed by atoms with E-state index >= 15 is 0 Å². The topological polar surface area (TPSA) is 35.9 Å². The number of rotatable bonds is 6. The summed E-state index contributed by atoms with van der Waals surface area (Å²) in [7, 11) is 0. The van der Waals surface area contributed by atoms with Crippen LogP contribution in [0.25, 0.3) is 61.2 Å². The molecule has 9 aromatic rings. The molecule has 0 fully saturated rings. The van der Waals surface area contributed by atoms with Gasteiger partial charge in [-0.2, -0.15) is 18.2 Å². The van der Waals surface area contributed by atoms with Crippen LogP contribution >= 0.6 is 0 Å². The number of imidazole rings is 1. The maximum Gasteiger partial charge on any atom is 0.268 e. The van der Waals surface area contributed by atoms with Crippen LogP contribution in [0.2, 0.25) is 0 Å². The third kappa shape index (κ3) is 8.07. The Morgan fingerprint density at radius 3 is 2.00 bits per heavy atom. The van der Waals surface area contributed by atoms with Crippen molar-refractivity contribution in [1.82, 2.24) is 14.1 Å². The molecule has 3 aromatic heterocycles. The Morgan fingerprint density at radius 2 is 1.28 bits per heavy atom. The quantitative estimate of drug-likeness (QED) is 0.123. The number of para-hydroxylation sites is 2. The van der Waals surface area contributed by atoms with Gasteiger partial charge in [0, 0.05) is 44.3 Å². The molecule has 0 bridgehead atoms. The maximum atomic E-state index is 14.3. The van der Waals surface area contributed by atoms with Gasteiger partial charge in [-0.3, -0.25) is 4.57 Å². The van der Waals surface area contributed by atoms with Crippen molar-refractivity contribution >= 4 is 32.8 Å². The first kappa shape index (κ1) is 41.9. The first-order chi connectivity index (χ1) is 28.5. The van der Waals surface area contributed by atoms with Crippen LogP contribution in [0.15, 0.2) is 134 Å². The second kappa shape index (κ2) is 15.6. The van der Waals surface area contributed by atoms with E-state index in [1.807, 2.05) is 42.6 Å². The van der Waals surface area contributed by atoms with E-state index < -0.39 is 0 Å². The molecule has 6 aromatic carbocycles. The molecule has 0 atom stereocenters. The fourth-order valence-electron chi connectivity index (χ4n) is 7.86. The standard InChI is InChI=1S/C54H49FN4O.Pt/c1-52(2,3)37-24-25-56-51(31-37)59-47-23-20-36(35-14-12-15-40(55)26-35)27-46(47)45-22-21-44(33-50(45)59)60-43-17-13-16-41(32-43)57-34-58(49-19-11-10-18-48(49)57)42-29-38(53(4,5)6)28-39(30-42)54(7,8)9;/h10-31H,1-9H3;/q-2;. The Kier molecular flexibility index (Phi) is 10.7. The number of ether oxygens (including phenoxy) is 1. The first-order valence-electron chi connectivity index (χ1n) is 20.6. The molecule has 61 heavy (non-hydrogen) atoms. The van der Waals surface area contributed by atoms with E-state index in [0.717, 1.165) is 61.2 Å². The predicted molar refractivity (Wildman–Crippen MR) is 241 cm³/mol. The maximum absolute atomic E-state index is 14.3. The monoisotopic (exact) mass is 983 g/mol. The summed E-state index contributed by atoms with van der Waals surface area (Å²) in [6, 6.07) is 49.6. The van der Waals surface area contributed by atoms with Crippen LogP contribution in [0, 0.1) is 24.3 Å². The van der Waals surface area contributed by atoms with Gasteiger partial charge >= 0.3 is 0 Å². The largest absolute Gasteiger partial charge is 0.510 e. The molecule has 0 saturated heterocycles. The minimum atomic E-state index is -0.267. The van der Waals surface area contributed by atoms with Gasteiger partial charge in [-0.05, 0) is 97.6 Å². The number of pyridine rings is 1. The SMILES string of the molecule is CC(C)(C)c1cc(-[n+]2[c-]n(-c3[c-]c(Oc4[c-]c5c(cc4)c4cc(-c6cccc(F)c6)ccc4n5-c4cc(C(C)(C)C)ccn4)ccc3)c3ccccc32)cc(C(C)(C)C)c1.[Pt]. The van der Waals surface area contributed by atoms with Crippen molar-refractivity contribution in [1.29, 1.82) is 0 Å². The molecule has 0 unspecified atom stereocenters. The summed E-state index contributed by atoms with van der Waals surface area (Å²) in [6.07, 6.45) is 5.54. The third-order valence-electron chi connectivity index (χ3n) is 11.3. The molecule has 9 rings (SSSR count). The van der Waals surface area contributed by atoms with E-state index in [0.29, 0.717) is 11.5 Å². The molecule has 0 aliphatic heterocycles. The zero-order chi connectivity index (χ0) is 42.1. The van der Waals surface area contributed by atoms with Crippen LogP contribution in [-0.4, -0.2) is 14.1 Å². The molecular formula is C54H49FN4OPt-2. The van der Waals surface area contributed by atoms with Crippen LogP contribution < -0.4 is 9.30 Å². The van der Waals surface area contributed by atoms with Crippen LogP contribution in [0.4, 0.5) is 4.39 Å². The number of halogens is 1. The van der Waals surface area contributed by atoms with Gasteiger partial charge < -0.3 is 13.9 Å². The zero-order valence-electron chi connectivity index (χ0n) is 36.1. The first-order valence-corrected chi connectivity index (χ1v) is 20.6. The predicted octanol–water partition coefficient (Wildman–Crippen LogP) is 13.3. The summed E-state index contributed by atoms with van der Waals surface area (Å²) in [6.45, 7) is 20.2. The number of fused-ring (bicyclic) bond motifs is 4. The van der Waals surface area contributed by atoms with Crippen molar-refractivity contribution in [2.24, 2.45) is 0 Å². The van der Waals surface area contributed by atoms with Crippen molar-refractivity contribution in [3.63, 3.8) is 0 Å². The fourth-order valence-corrected chi connectivity index (χ4v) is 7.86. The van der Waals surface area contributed by atoms with Gasteiger partial charge in [-0.15, -0.1) is 29.7 Å². The molecule has 5 nitrogen and oxygen atoms in total. The molecule has 0 spiro atoms. The van der Waals surface area contributed by atoms with Crippen molar-refractivity contribution in [2.45, 2.75) is 78.6 Å². The zero-order valence-corrected chi connectivity index (χ0v) is 38.4. The minimum absolute atomic E-state index is 0. The summed E-state index contributed by atoms with van der Waals surface area (Å²) in [4.78, 5) is 4.87. The summed E-state index contributed by atoms with van der Waals surface area (Å²) in [5.41, 5.74) is 11.1. The Balaban J connectivity index is 0.00000514. The molecule has 7 heteroatoms. The number of hydrogen-bond acceptors (Lipinski definition) is 2. The van der Waals surface area contributed by atoms with E-state index in [4.69, 9.17) is 9.72 Å². The van der Waals surface area contributed by atoms with E-state index in [9.17, 15) is 4.39 Å². The van der Waals surface area contributed by atoms with Gasteiger partial charge in [0.1, 0.15) is 11.6 Å². The van der Waals surface area contributed by atoms with Crippen molar-refractivity contribution < 1.29 is 34.8 Å². The second-order valence-electron chi connectivity index (χ2n) is 18.8. The normalized spacial score (nSPS) is 12.3. The van der Waals surface area contributed by atoms with Crippen LogP contribution in [-0.2, 0) is 37.3 Å².